The van der Waals surface area contributed by atoms with E-state index in [1.807, 2.05) is 0 Å². The third-order valence-corrected chi connectivity index (χ3v) is 7.07. The molecular weight excluding hydrogens is 520 g/mol. The predicted molar refractivity (Wildman–Crippen MR) is 136 cm³/mol. The quantitative estimate of drug-likeness (QED) is 0.174. The highest BCUT2D eigenvalue weighted by molar-refractivity contribution is 8.00. The number of thioether (sulfide) groups is 1. The molecule has 38 heavy (non-hydrogen) atoms. The van der Waals surface area contributed by atoms with Gasteiger partial charge in [0.25, 0.3) is 0 Å². The van der Waals surface area contributed by atoms with E-state index in [2.05, 4.69) is 21.3 Å². The van der Waals surface area contributed by atoms with Crippen LogP contribution in [0.5, 0.6) is 0 Å². The zero-order valence-electron chi connectivity index (χ0n) is 20.6. The van der Waals surface area contributed by atoms with Crippen molar-refractivity contribution >= 4 is 47.3 Å². The van der Waals surface area contributed by atoms with Crippen molar-refractivity contribution in [3.05, 3.63) is 35.9 Å². The van der Waals surface area contributed by atoms with Crippen LogP contribution in [-0.4, -0.2) is 93.5 Å². The van der Waals surface area contributed by atoms with E-state index in [1.165, 1.54) is 6.92 Å². The maximum atomic E-state index is 13.2. The SMILES string of the molecule is C[C@@H]1NC(=O)C(CO)NC(=O)[C@@H](N)CSC(C(=O)O)C(Cc2ccccc2)NC(=O)C(CC(N)=O)NC1=O. The molecule has 0 bridgehead atoms. The number of carbonyl (C=O) groups excluding carboxylic acids is 5. The summed E-state index contributed by atoms with van der Waals surface area (Å²) in [5.41, 5.74) is 11.9. The van der Waals surface area contributed by atoms with E-state index < -0.39 is 84.0 Å². The highest BCUT2D eigenvalue weighted by Crippen LogP contribution is 2.20. The lowest BCUT2D eigenvalue weighted by Crippen LogP contribution is -2.60. The first-order valence-corrected chi connectivity index (χ1v) is 12.7. The monoisotopic (exact) mass is 552 g/mol. The van der Waals surface area contributed by atoms with Gasteiger partial charge in [0.05, 0.1) is 25.1 Å². The van der Waals surface area contributed by atoms with Crippen molar-refractivity contribution in [2.75, 3.05) is 12.4 Å². The smallest absolute Gasteiger partial charge is 0.318 e. The molecule has 4 unspecified atom stereocenters. The molecule has 0 aromatic heterocycles. The molecule has 1 aromatic rings. The minimum absolute atomic E-state index is 0.0638. The van der Waals surface area contributed by atoms with E-state index >= 15 is 0 Å². The number of aliphatic hydroxyl groups is 1. The fourth-order valence-corrected chi connectivity index (χ4v) is 4.69. The number of rotatable bonds is 6. The lowest BCUT2D eigenvalue weighted by molar-refractivity contribution is -0.138. The molecule has 2 rings (SSSR count). The number of aliphatic carboxylic acids is 1. The molecular formula is C23H32N6O8S. The summed E-state index contributed by atoms with van der Waals surface area (Å²) in [4.78, 5) is 74.8. The van der Waals surface area contributed by atoms with Crippen molar-refractivity contribution in [1.29, 1.82) is 0 Å². The molecule has 0 aliphatic carbocycles. The highest BCUT2D eigenvalue weighted by Gasteiger charge is 2.35. The van der Waals surface area contributed by atoms with Crippen molar-refractivity contribution < 1.29 is 39.0 Å². The largest absolute Gasteiger partial charge is 0.480 e. The summed E-state index contributed by atoms with van der Waals surface area (Å²) in [7, 11) is 0. The third kappa shape index (κ3) is 9.00. The Morgan fingerprint density at radius 2 is 1.55 bits per heavy atom. The van der Waals surface area contributed by atoms with Gasteiger partial charge >= 0.3 is 5.97 Å². The second kappa shape index (κ2) is 14.3. The number of nitrogens with two attached hydrogens (primary N) is 2. The third-order valence-electron chi connectivity index (χ3n) is 5.63. The van der Waals surface area contributed by atoms with Gasteiger partial charge in [-0.15, -0.1) is 11.8 Å². The van der Waals surface area contributed by atoms with Gasteiger partial charge < -0.3 is 42.9 Å². The average Bonchev–Trinajstić information content (AvgIpc) is 2.85. The van der Waals surface area contributed by atoms with Gasteiger partial charge in [0.1, 0.15) is 23.4 Å². The summed E-state index contributed by atoms with van der Waals surface area (Å²) in [6, 6.07) is 2.21. The molecule has 1 aliphatic heterocycles. The van der Waals surface area contributed by atoms with E-state index in [-0.39, 0.29) is 12.2 Å². The molecule has 0 saturated carbocycles. The number of aliphatic hydroxyl groups excluding tert-OH is 1. The number of carbonyl (C=O) groups is 6. The number of amides is 5. The zero-order chi connectivity index (χ0) is 28.4. The van der Waals surface area contributed by atoms with E-state index in [9.17, 15) is 39.0 Å². The Morgan fingerprint density at radius 3 is 2.13 bits per heavy atom. The van der Waals surface area contributed by atoms with Crippen LogP contribution in [0.3, 0.4) is 0 Å². The standard InChI is InChI=1S/C23H32N6O8S/c1-11-19(32)28-15(8-17(25)31)21(34)27-14(7-12-5-3-2-4-6-12)18(23(36)37)38-10-13(24)20(33)29-16(9-30)22(35)26-11/h2-6,11,13-16,18,30H,7-10,24H2,1H3,(H2,25,31)(H,26,35)(H,27,34)(H,28,32)(H,29,33)(H,36,37)/t11-,13-,14?,15?,16?,18?/m0/s1. The molecule has 1 aromatic carbocycles. The van der Waals surface area contributed by atoms with Crippen LogP contribution < -0.4 is 32.7 Å². The maximum Gasteiger partial charge on any atom is 0.318 e. The number of hydrogen-bond donors (Lipinski definition) is 8. The Hall–Kier alpha value is -3.69. The lowest BCUT2D eigenvalue weighted by atomic mass is 10.0. The van der Waals surface area contributed by atoms with Gasteiger partial charge in [-0.05, 0) is 18.9 Å². The zero-order valence-corrected chi connectivity index (χ0v) is 21.4. The second-order valence-electron chi connectivity index (χ2n) is 8.71. The molecule has 1 fully saturated rings. The van der Waals surface area contributed by atoms with Gasteiger partial charge in [-0.2, -0.15) is 0 Å². The van der Waals surface area contributed by atoms with Crippen LogP contribution in [0.2, 0.25) is 0 Å². The fraction of sp³-hybridized carbons (Fsp3) is 0.478. The van der Waals surface area contributed by atoms with E-state index in [4.69, 9.17) is 11.5 Å². The van der Waals surface area contributed by atoms with Crippen molar-refractivity contribution in [1.82, 2.24) is 21.3 Å². The number of carboxylic acids is 1. The summed E-state index contributed by atoms with van der Waals surface area (Å²) in [6.07, 6.45) is -0.532. The van der Waals surface area contributed by atoms with Gasteiger partial charge in [-0.3, -0.25) is 28.8 Å². The molecule has 1 saturated heterocycles. The van der Waals surface area contributed by atoms with E-state index in [0.29, 0.717) is 5.56 Å². The first-order valence-electron chi connectivity index (χ1n) is 11.7. The maximum absolute atomic E-state index is 13.2. The molecule has 6 atom stereocenters. The minimum atomic E-state index is -1.47. The molecule has 1 aliphatic rings. The Balaban J connectivity index is 2.47. The summed E-state index contributed by atoms with van der Waals surface area (Å²) in [6.45, 7) is 0.474. The van der Waals surface area contributed by atoms with Crippen LogP contribution in [0, 0.1) is 0 Å². The van der Waals surface area contributed by atoms with Gasteiger partial charge in [0, 0.05) is 5.75 Å². The van der Waals surface area contributed by atoms with Crippen LogP contribution >= 0.6 is 11.8 Å². The van der Waals surface area contributed by atoms with Crippen LogP contribution in [0.1, 0.15) is 18.9 Å². The first kappa shape index (κ1) is 30.5. The van der Waals surface area contributed by atoms with Gasteiger partial charge in [0.2, 0.25) is 29.5 Å². The number of hydrogen-bond acceptors (Lipinski definition) is 9. The molecule has 5 amide bonds. The normalized spacial score (nSPS) is 27.9. The van der Waals surface area contributed by atoms with Gasteiger partial charge in [0.15, 0.2) is 0 Å². The minimum Gasteiger partial charge on any atom is -0.480 e. The van der Waals surface area contributed by atoms with Crippen molar-refractivity contribution in [2.24, 2.45) is 11.5 Å². The second-order valence-corrected chi connectivity index (χ2v) is 9.88. The summed E-state index contributed by atoms with van der Waals surface area (Å²) >= 11 is 0.790. The highest BCUT2D eigenvalue weighted by atomic mass is 32.2. The fourth-order valence-electron chi connectivity index (χ4n) is 3.59. The predicted octanol–water partition coefficient (Wildman–Crippen LogP) is -3.42. The van der Waals surface area contributed by atoms with Crippen LogP contribution in [-0.2, 0) is 35.2 Å². The lowest BCUT2D eigenvalue weighted by Gasteiger charge is -2.29. The van der Waals surface area contributed by atoms with E-state index in [1.54, 1.807) is 30.3 Å². The topological polar surface area (TPSA) is 243 Å². The number of nitrogens with one attached hydrogen (secondary N) is 4. The van der Waals surface area contributed by atoms with Crippen LogP contribution in [0.4, 0.5) is 0 Å². The van der Waals surface area contributed by atoms with Gasteiger partial charge in [-0.25, -0.2) is 0 Å². The molecule has 0 spiro atoms. The Morgan fingerprint density at radius 1 is 0.947 bits per heavy atom. The Labute approximate surface area is 222 Å². The van der Waals surface area contributed by atoms with Crippen LogP contribution in [0.25, 0.3) is 0 Å². The molecule has 10 N–H and O–H groups in total. The molecule has 0 radical (unpaired) electrons. The molecule has 14 nitrogen and oxygen atoms in total. The summed E-state index contributed by atoms with van der Waals surface area (Å²) < 4.78 is 0. The number of primary amides is 1. The van der Waals surface area contributed by atoms with Crippen LogP contribution in [0.15, 0.2) is 30.3 Å². The Kier molecular flexibility index (Phi) is 11.5. The van der Waals surface area contributed by atoms with Crippen molar-refractivity contribution in [2.45, 2.75) is 55.2 Å². The summed E-state index contributed by atoms with van der Waals surface area (Å²) in [5, 5.41) is 27.7. The average molecular weight is 553 g/mol. The number of carboxylic acid groups (broad SMARTS) is 1. The molecule has 15 heteroatoms. The summed E-state index contributed by atoms with van der Waals surface area (Å²) in [5.74, 6) is -5.89. The molecule has 208 valence electrons. The first-order chi connectivity index (χ1) is 17.9. The number of benzene rings is 1. The Bertz CT molecular complexity index is 1040. The van der Waals surface area contributed by atoms with Crippen molar-refractivity contribution in [3.63, 3.8) is 0 Å². The molecule has 1 heterocycles. The van der Waals surface area contributed by atoms with E-state index in [0.717, 1.165) is 11.8 Å². The van der Waals surface area contributed by atoms with Crippen molar-refractivity contribution in [3.8, 4) is 0 Å². The van der Waals surface area contributed by atoms with Gasteiger partial charge in [-0.1, -0.05) is 30.3 Å².